The summed E-state index contributed by atoms with van der Waals surface area (Å²) >= 11 is 3.28. The van der Waals surface area contributed by atoms with Crippen molar-refractivity contribution in [1.29, 1.82) is 0 Å². The van der Waals surface area contributed by atoms with E-state index in [1.807, 2.05) is 0 Å². The van der Waals surface area contributed by atoms with Gasteiger partial charge in [0, 0.05) is 18.8 Å². The first kappa shape index (κ1) is 11.1. The summed E-state index contributed by atoms with van der Waals surface area (Å²) in [5, 5.41) is 5.34. The summed E-state index contributed by atoms with van der Waals surface area (Å²) in [5.41, 5.74) is 0.654. The van der Waals surface area contributed by atoms with Gasteiger partial charge in [0.1, 0.15) is 6.04 Å². The Morgan fingerprint density at radius 3 is 3.06 bits per heavy atom. The molecule has 1 saturated heterocycles. The molecule has 1 aliphatic heterocycles. The number of hydrogen-bond acceptors (Lipinski definition) is 3. The highest BCUT2D eigenvalue weighted by atomic mass is 79.9. The highest BCUT2D eigenvalue weighted by molar-refractivity contribution is 9.10. The van der Waals surface area contributed by atoms with Crippen LogP contribution in [-0.4, -0.2) is 22.8 Å². The van der Waals surface area contributed by atoms with Crippen LogP contribution >= 0.6 is 15.9 Å². The van der Waals surface area contributed by atoms with Gasteiger partial charge in [0.15, 0.2) is 0 Å². The molecule has 0 bridgehead atoms. The minimum absolute atomic E-state index is 0.0751. The molecule has 1 aliphatic rings. The Labute approximate surface area is 101 Å². The molecule has 0 unspecified atom stereocenters. The van der Waals surface area contributed by atoms with Gasteiger partial charge in [-0.25, -0.2) is 0 Å². The van der Waals surface area contributed by atoms with Gasteiger partial charge in [-0.1, -0.05) is 0 Å². The third kappa shape index (κ3) is 2.38. The Morgan fingerprint density at radius 2 is 2.44 bits per heavy atom. The number of pyridine rings is 1. The minimum atomic E-state index is -0.424. The molecular formula is C10H10BrN3O2. The molecule has 2 heterocycles. The monoisotopic (exact) mass is 283 g/mol. The number of carbonyl (C=O) groups is 2. The summed E-state index contributed by atoms with van der Waals surface area (Å²) in [5.74, 6) is -0.272. The van der Waals surface area contributed by atoms with Crippen molar-refractivity contribution in [2.75, 3.05) is 5.32 Å². The molecule has 1 aromatic heterocycles. The quantitative estimate of drug-likeness (QED) is 0.853. The van der Waals surface area contributed by atoms with Crippen LogP contribution < -0.4 is 10.6 Å². The summed E-state index contributed by atoms with van der Waals surface area (Å²) in [6.07, 6.45) is 4.15. The Balaban J connectivity index is 2.03. The van der Waals surface area contributed by atoms with Crippen molar-refractivity contribution in [1.82, 2.24) is 10.3 Å². The van der Waals surface area contributed by atoms with Crippen LogP contribution in [0.3, 0.4) is 0 Å². The van der Waals surface area contributed by atoms with E-state index in [0.717, 1.165) is 0 Å². The van der Waals surface area contributed by atoms with E-state index in [1.165, 1.54) is 0 Å². The van der Waals surface area contributed by atoms with Crippen molar-refractivity contribution in [2.24, 2.45) is 0 Å². The molecule has 2 N–H and O–H groups in total. The molecule has 0 aliphatic carbocycles. The molecule has 2 amide bonds. The average Bonchev–Trinajstić information content (AvgIpc) is 2.68. The number of nitrogens with one attached hydrogen (secondary N) is 2. The summed E-state index contributed by atoms with van der Waals surface area (Å²) in [7, 11) is 0. The van der Waals surface area contributed by atoms with Gasteiger partial charge in [-0.3, -0.25) is 14.6 Å². The number of rotatable bonds is 2. The number of anilines is 1. The zero-order chi connectivity index (χ0) is 11.5. The van der Waals surface area contributed by atoms with Crippen molar-refractivity contribution >= 4 is 33.4 Å². The Hall–Kier alpha value is -1.43. The molecule has 0 aromatic carbocycles. The van der Waals surface area contributed by atoms with Crippen LogP contribution in [0.1, 0.15) is 12.8 Å². The number of nitrogens with zero attached hydrogens (tertiary/aromatic N) is 1. The van der Waals surface area contributed by atoms with Gasteiger partial charge in [0.2, 0.25) is 11.8 Å². The van der Waals surface area contributed by atoms with Crippen LogP contribution in [0.2, 0.25) is 0 Å². The zero-order valence-corrected chi connectivity index (χ0v) is 9.95. The van der Waals surface area contributed by atoms with E-state index >= 15 is 0 Å². The van der Waals surface area contributed by atoms with Gasteiger partial charge in [-0.05, 0) is 28.4 Å². The minimum Gasteiger partial charge on any atom is -0.344 e. The highest BCUT2D eigenvalue weighted by Crippen LogP contribution is 2.20. The molecule has 6 heteroatoms. The summed E-state index contributed by atoms with van der Waals surface area (Å²) in [6.45, 7) is 0. The fourth-order valence-corrected chi connectivity index (χ4v) is 1.86. The Morgan fingerprint density at radius 1 is 1.62 bits per heavy atom. The Bertz CT molecular complexity index is 436. The largest absolute Gasteiger partial charge is 0.344 e. The molecular weight excluding hydrogens is 274 g/mol. The van der Waals surface area contributed by atoms with Crippen LogP contribution in [0.5, 0.6) is 0 Å². The first-order chi connectivity index (χ1) is 7.66. The van der Waals surface area contributed by atoms with Crippen LogP contribution in [-0.2, 0) is 9.59 Å². The topological polar surface area (TPSA) is 71.1 Å². The lowest BCUT2D eigenvalue weighted by Crippen LogP contribution is -2.37. The van der Waals surface area contributed by atoms with Crippen LogP contribution in [0.4, 0.5) is 5.69 Å². The normalized spacial score (nSPS) is 19.3. The molecule has 0 radical (unpaired) electrons. The first-order valence-electron chi connectivity index (χ1n) is 4.86. The lowest BCUT2D eigenvalue weighted by Gasteiger charge is -2.11. The fourth-order valence-electron chi connectivity index (χ4n) is 1.51. The second kappa shape index (κ2) is 4.61. The third-order valence-electron chi connectivity index (χ3n) is 2.34. The maximum Gasteiger partial charge on any atom is 0.246 e. The predicted octanol–water partition coefficient (Wildman–Crippen LogP) is 1.06. The summed E-state index contributed by atoms with van der Waals surface area (Å²) < 4.78 is 0.715. The Kier molecular flexibility index (Phi) is 3.19. The molecule has 5 nitrogen and oxygen atoms in total. The van der Waals surface area contributed by atoms with Crippen LogP contribution in [0.25, 0.3) is 0 Å². The molecule has 84 valence electrons. The smallest absolute Gasteiger partial charge is 0.246 e. The lowest BCUT2D eigenvalue weighted by molar-refractivity contribution is -0.122. The van der Waals surface area contributed by atoms with E-state index < -0.39 is 6.04 Å². The van der Waals surface area contributed by atoms with Crippen LogP contribution in [0.15, 0.2) is 22.9 Å². The second-order valence-corrected chi connectivity index (χ2v) is 4.36. The van der Waals surface area contributed by atoms with Crippen molar-refractivity contribution < 1.29 is 9.59 Å². The number of hydrogen-bond donors (Lipinski definition) is 2. The summed E-state index contributed by atoms with van der Waals surface area (Å²) in [6, 6.07) is 1.27. The summed E-state index contributed by atoms with van der Waals surface area (Å²) in [4.78, 5) is 26.6. The number of amides is 2. The van der Waals surface area contributed by atoms with Gasteiger partial charge in [-0.2, -0.15) is 0 Å². The first-order valence-corrected chi connectivity index (χ1v) is 5.66. The third-order valence-corrected chi connectivity index (χ3v) is 2.97. The number of aromatic nitrogens is 1. The zero-order valence-electron chi connectivity index (χ0n) is 8.37. The van der Waals surface area contributed by atoms with Gasteiger partial charge in [0.05, 0.1) is 10.2 Å². The molecule has 1 aromatic rings. The molecule has 16 heavy (non-hydrogen) atoms. The van der Waals surface area contributed by atoms with Crippen molar-refractivity contribution in [3.63, 3.8) is 0 Å². The van der Waals surface area contributed by atoms with E-state index in [9.17, 15) is 9.59 Å². The van der Waals surface area contributed by atoms with E-state index in [-0.39, 0.29) is 11.8 Å². The molecule has 1 fully saturated rings. The van der Waals surface area contributed by atoms with Crippen LogP contribution in [0, 0.1) is 0 Å². The van der Waals surface area contributed by atoms with Gasteiger partial charge >= 0.3 is 0 Å². The van der Waals surface area contributed by atoms with Gasteiger partial charge < -0.3 is 10.6 Å². The van der Waals surface area contributed by atoms with E-state index in [4.69, 9.17) is 0 Å². The van der Waals surface area contributed by atoms with Crippen molar-refractivity contribution in [2.45, 2.75) is 18.9 Å². The number of carbonyl (C=O) groups excluding carboxylic acids is 2. The molecule has 0 saturated carbocycles. The molecule has 0 spiro atoms. The average molecular weight is 284 g/mol. The SMILES string of the molecule is O=C1CC[C@@H](C(=O)Nc2ccncc2Br)N1. The highest BCUT2D eigenvalue weighted by Gasteiger charge is 2.27. The van der Waals surface area contributed by atoms with Gasteiger partial charge in [-0.15, -0.1) is 0 Å². The molecule has 2 rings (SSSR count). The van der Waals surface area contributed by atoms with E-state index in [1.54, 1.807) is 18.5 Å². The fraction of sp³-hybridized carbons (Fsp3) is 0.300. The number of halogens is 1. The van der Waals surface area contributed by atoms with Crippen molar-refractivity contribution in [3.05, 3.63) is 22.9 Å². The lowest BCUT2D eigenvalue weighted by atomic mass is 10.2. The second-order valence-electron chi connectivity index (χ2n) is 3.50. The van der Waals surface area contributed by atoms with Gasteiger partial charge in [0.25, 0.3) is 0 Å². The maximum absolute atomic E-state index is 11.7. The maximum atomic E-state index is 11.7. The van der Waals surface area contributed by atoms with E-state index in [2.05, 4.69) is 31.5 Å². The van der Waals surface area contributed by atoms with Crippen molar-refractivity contribution in [3.8, 4) is 0 Å². The standard InChI is InChI=1S/C10H10BrN3O2/c11-6-5-12-4-3-7(6)14-10(16)8-1-2-9(15)13-8/h3-5,8H,1-2H2,(H,13,15)(H,12,14,16)/t8-/m0/s1. The molecule has 1 atom stereocenters. The predicted molar refractivity (Wildman–Crippen MR) is 61.7 cm³/mol. The van der Waals surface area contributed by atoms with E-state index in [0.29, 0.717) is 23.0 Å².